The number of halogens is 4. The lowest BCUT2D eigenvalue weighted by molar-refractivity contribution is 0.103. The summed E-state index contributed by atoms with van der Waals surface area (Å²) in [5, 5.41) is 3.59. The molecule has 1 amide bonds. The van der Waals surface area contributed by atoms with Crippen molar-refractivity contribution in [2.45, 2.75) is 4.90 Å². The van der Waals surface area contributed by atoms with E-state index in [2.05, 4.69) is 10.0 Å². The molecule has 0 aromatic heterocycles. The zero-order valence-electron chi connectivity index (χ0n) is 13.1. The van der Waals surface area contributed by atoms with Gasteiger partial charge in [-0.15, -0.1) is 0 Å². The summed E-state index contributed by atoms with van der Waals surface area (Å²) >= 11 is 24.2. The molecular weight excluding hydrogens is 454 g/mol. The van der Waals surface area contributed by atoms with Crippen LogP contribution in [0.15, 0.2) is 41.3 Å². The molecule has 0 saturated heterocycles. The average molecular weight is 462 g/mol. The summed E-state index contributed by atoms with van der Waals surface area (Å²) in [5.41, 5.74) is 0.834. The van der Waals surface area contributed by atoms with Crippen molar-refractivity contribution in [3.63, 3.8) is 0 Å². The zero-order chi connectivity index (χ0) is 19.5. The van der Waals surface area contributed by atoms with Crippen LogP contribution >= 0.6 is 46.4 Å². The number of carbonyl (C=O) groups is 1. The molecule has 0 atom stereocenters. The van der Waals surface area contributed by atoms with E-state index < -0.39 is 10.0 Å². The SMILES string of the molecule is O=C1Nc2ccc(S(=O)(=O)Nc3c(Cl)c(Cl)cc(Cl)c3Cl)c3cccc1c23. The molecule has 1 aliphatic heterocycles. The van der Waals surface area contributed by atoms with Gasteiger partial charge in [0.05, 0.1) is 30.7 Å². The van der Waals surface area contributed by atoms with Crippen molar-refractivity contribution in [2.75, 3.05) is 10.0 Å². The summed E-state index contributed by atoms with van der Waals surface area (Å²) in [5.74, 6) is -0.286. The van der Waals surface area contributed by atoms with Crippen LogP contribution in [0.3, 0.4) is 0 Å². The Balaban J connectivity index is 1.91. The Hall–Kier alpha value is -1.70. The maximum absolute atomic E-state index is 13.0. The van der Waals surface area contributed by atoms with Crippen LogP contribution in [-0.4, -0.2) is 14.3 Å². The Labute approximate surface area is 174 Å². The maximum atomic E-state index is 13.0. The Bertz CT molecular complexity index is 1230. The molecule has 10 heteroatoms. The number of sulfonamides is 1. The molecule has 1 heterocycles. The highest BCUT2D eigenvalue weighted by Crippen LogP contribution is 2.43. The molecule has 0 radical (unpaired) electrons. The summed E-state index contributed by atoms with van der Waals surface area (Å²) in [7, 11) is -4.12. The standard InChI is InChI=1S/C17H8Cl4N2O3S/c18-9-6-10(19)15(21)16(14(9)20)23-27(25,26)12-5-4-11-13-7(12)2-1-3-8(13)17(24)22-11/h1-6,23H,(H,22,24). The minimum Gasteiger partial charge on any atom is -0.321 e. The molecule has 0 spiro atoms. The normalized spacial score (nSPS) is 13.1. The van der Waals surface area contributed by atoms with Crippen LogP contribution < -0.4 is 10.0 Å². The van der Waals surface area contributed by atoms with Crippen molar-refractivity contribution >= 4 is 84.5 Å². The molecule has 2 N–H and O–H groups in total. The smallest absolute Gasteiger partial charge is 0.262 e. The van der Waals surface area contributed by atoms with Gasteiger partial charge in [0.2, 0.25) is 0 Å². The van der Waals surface area contributed by atoms with Gasteiger partial charge in [0.25, 0.3) is 15.9 Å². The average Bonchev–Trinajstić information content (AvgIpc) is 2.95. The summed E-state index contributed by atoms with van der Waals surface area (Å²) in [6.45, 7) is 0. The molecule has 0 aliphatic carbocycles. The van der Waals surface area contributed by atoms with Crippen molar-refractivity contribution in [1.29, 1.82) is 0 Å². The van der Waals surface area contributed by atoms with Crippen LogP contribution in [-0.2, 0) is 10.0 Å². The highest BCUT2D eigenvalue weighted by molar-refractivity contribution is 7.93. The summed E-state index contributed by atoms with van der Waals surface area (Å²) < 4.78 is 28.4. The van der Waals surface area contributed by atoms with Crippen LogP contribution in [0.4, 0.5) is 11.4 Å². The summed E-state index contributed by atoms with van der Waals surface area (Å²) in [6, 6.07) is 9.10. The molecule has 0 saturated carbocycles. The predicted octanol–water partition coefficient (Wildman–Crippen LogP) is 5.82. The predicted molar refractivity (Wildman–Crippen MR) is 109 cm³/mol. The Morgan fingerprint density at radius 2 is 1.59 bits per heavy atom. The van der Waals surface area contributed by atoms with Crippen molar-refractivity contribution in [2.24, 2.45) is 0 Å². The lowest BCUT2D eigenvalue weighted by Crippen LogP contribution is -2.14. The number of nitrogens with one attached hydrogen (secondary N) is 2. The minimum atomic E-state index is -4.12. The van der Waals surface area contributed by atoms with Gasteiger partial charge in [-0.2, -0.15) is 0 Å². The molecule has 27 heavy (non-hydrogen) atoms. The Morgan fingerprint density at radius 1 is 0.926 bits per heavy atom. The van der Waals surface area contributed by atoms with Gasteiger partial charge in [-0.05, 0) is 24.3 Å². The topological polar surface area (TPSA) is 75.3 Å². The number of hydrogen-bond donors (Lipinski definition) is 2. The second-order valence-corrected chi connectivity index (χ2v) is 8.96. The third-order valence-electron chi connectivity index (χ3n) is 4.13. The number of amides is 1. The fourth-order valence-electron chi connectivity index (χ4n) is 2.95. The van der Waals surface area contributed by atoms with Gasteiger partial charge in [0.15, 0.2) is 0 Å². The van der Waals surface area contributed by atoms with Gasteiger partial charge in [0.1, 0.15) is 0 Å². The first-order valence-electron chi connectivity index (χ1n) is 7.43. The summed E-state index contributed by atoms with van der Waals surface area (Å²) in [4.78, 5) is 12.0. The van der Waals surface area contributed by atoms with Crippen LogP contribution in [0.1, 0.15) is 10.4 Å². The molecule has 3 aromatic rings. The van der Waals surface area contributed by atoms with E-state index in [1.807, 2.05) is 0 Å². The first kappa shape index (κ1) is 18.7. The van der Waals surface area contributed by atoms with Gasteiger partial charge < -0.3 is 5.32 Å². The molecular formula is C17H8Cl4N2O3S. The lowest BCUT2D eigenvalue weighted by atomic mass is 10.1. The van der Waals surface area contributed by atoms with Crippen molar-refractivity contribution in [3.8, 4) is 0 Å². The van der Waals surface area contributed by atoms with Crippen LogP contribution in [0.5, 0.6) is 0 Å². The van der Waals surface area contributed by atoms with Gasteiger partial charge >= 0.3 is 0 Å². The van der Waals surface area contributed by atoms with Crippen LogP contribution in [0, 0.1) is 0 Å². The third-order valence-corrected chi connectivity index (χ3v) is 7.11. The van der Waals surface area contributed by atoms with E-state index in [0.29, 0.717) is 22.0 Å². The largest absolute Gasteiger partial charge is 0.321 e. The molecule has 4 rings (SSSR count). The first-order chi connectivity index (χ1) is 12.7. The van der Waals surface area contributed by atoms with Gasteiger partial charge in [-0.25, -0.2) is 8.42 Å². The molecule has 138 valence electrons. The number of carbonyl (C=O) groups excluding carboxylic acids is 1. The molecule has 3 aromatic carbocycles. The quantitative estimate of drug-likeness (QED) is 0.482. The molecule has 0 bridgehead atoms. The first-order valence-corrected chi connectivity index (χ1v) is 10.4. The van der Waals surface area contributed by atoms with E-state index in [-0.39, 0.29) is 36.6 Å². The van der Waals surface area contributed by atoms with E-state index in [0.717, 1.165) is 0 Å². The Kier molecular flexibility index (Phi) is 4.44. The molecule has 0 fully saturated rings. The van der Waals surface area contributed by atoms with E-state index >= 15 is 0 Å². The minimum absolute atomic E-state index is 0.0390. The van der Waals surface area contributed by atoms with Crippen LogP contribution in [0.25, 0.3) is 10.8 Å². The van der Waals surface area contributed by atoms with Gasteiger partial charge in [-0.3, -0.25) is 9.52 Å². The van der Waals surface area contributed by atoms with E-state index in [1.165, 1.54) is 18.2 Å². The highest BCUT2D eigenvalue weighted by Gasteiger charge is 2.27. The number of hydrogen-bond acceptors (Lipinski definition) is 3. The van der Waals surface area contributed by atoms with Crippen molar-refractivity contribution < 1.29 is 13.2 Å². The fraction of sp³-hybridized carbons (Fsp3) is 0. The van der Waals surface area contributed by atoms with Crippen LogP contribution in [0.2, 0.25) is 20.1 Å². The zero-order valence-corrected chi connectivity index (χ0v) is 16.9. The highest BCUT2D eigenvalue weighted by atomic mass is 35.5. The number of rotatable bonds is 3. The van der Waals surface area contributed by atoms with E-state index in [9.17, 15) is 13.2 Å². The maximum Gasteiger partial charge on any atom is 0.262 e. The van der Waals surface area contributed by atoms with E-state index in [4.69, 9.17) is 46.4 Å². The van der Waals surface area contributed by atoms with E-state index in [1.54, 1.807) is 18.2 Å². The summed E-state index contributed by atoms with van der Waals surface area (Å²) in [6.07, 6.45) is 0. The molecule has 1 aliphatic rings. The van der Waals surface area contributed by atoms with Gasteiger partial charge in [0, 0.05) is 22.0 Å². The molecule has 5 nitrogen and oxygen atoms in total. The second-order valence-electron chi connectivity index (χ2n) is 5.74. The number of benzene rings is 3. The van der Waals surface area contributed by atoms with Crippen molar-refractivity contribution in [3.05, 3.63) is 62.1 Å². The number of anilines is 2. The van der Waals surface area contributed by atoms with Crippen molar-refractivity contribution in [1.82, 2.24) is 0 Å². The monoisotopic (exact) mass is 460 g/mol. The molecule has 0 unspecified atom stereocenters. The fourth-order valence-corrected chi connectivity index (χ4v) is 5.26. The second kappa shape index (κ2) is 6.43. The van der Waals surface area contributed by atoms with Gasteiger partial charge in [-0.1, -0.05) is 58.5 Å². The third kappa shape index (κ3) is 2.92. The lowest BCUT2D eigenvalue weighted by Gasteiger charge is -2.15. The Morgan fingerprint density at radius 3 is 2.26 bits per heavy atom.